The zero-order valence-electron chi connectivity index (χ0n) is 14.0. The van der Waals surface area contributed by atoms with E-state index in [4.69, 9.17) is 4.74 Å². The largest absolute Gasteiger partial charge is 0.494 e. The van der Waals surface area contributed by atoms with Gasteiger partial charge in [0.25, 0.3) is 0 Å². The molecule has 2 aromatic rings. The zero-order valence-corrected chi connectivity index (χ0v) is 14.8. The van der Waals surface area contributed by atoms with E-state index in [9.17, 15) is 0 Å². The second kappa shape index (κ2) is 9.20. The van der Waals surface area contributed by atoms with Gasteiger partial charge in [0.05, 0.1) is 6.61 Å². The Hall–Kier alpha value is -2.01. The Kier molecular flexibility index (Phi) is 6.94. The minimum absolute atomic E-state index is 0.454. The van der Waals surface area contributed by atoms with E-state index in [-0.39, 0.29) is 0 Å². The topological polar surface area (TPSA) is 45.6 Å². The number of nitrogens with one attached hydrogen (secondary N) is 2. The van der Waals surface area contributed by atoms with Gasteiger partial charge < -0.3 is 15.4 Å². The summed E-state index contributed by atoms with van der Waals surface area (Å²) in [5, 5.41) is 11.0. The van der Waals surface area contributed by atoms with E-state index in [0.29, 0.717) is 19.1 Å². The van der Waals surface area contributed by atoms with Gasteiger partial charge in [0.2, 0.25) is 0 Å². The normalized spacial score (nSPS) is 12.7. The van der Waals surface area contributed by atoms with Crippen molar-refractivity contribution in [2.24, 2.45) is 4.99 Å². The van der Waals surface area contributed by atoms with Gasteiger partial charge in [0.15, 0.2) is 5.96 Å². The van der Waals surface area contributed by atoms with E-state index in [2.05, 4.69) is 45.4 Å². The SMILES string of the molecule is CCOc1ccccc1CNC(=NC)NCC(C)c1ccsc1. The van der Waals surface area contributed by atoms with Gasteiger partial charge in [-0.25, -0.2) is 0 Å². The van der Waals surface area contributed by atoms with E-state index >= 15 is 0 Å². The molecule has 0 amide bonds. The summed E-state index contributed by atoms with van der Waals surface area (Å²) in [6, 6.07) is 10.2. The summed E-state index contributed by atoms with van der Waals surface area (Å²) in [5.41, 5.74) is 2.49. The predicted octanol–water partition coefficient (Wildman–Crippen LogP) is 3.62. The average molecular weight is 331 g/mol. The van der Waals surface area contributed by atoms with Crippen molar-refractivity contribution in [3.05, 3.63) is 52.2 Å². The predicted molar refractivity (Wildman–Crippen MR) is 98.5 cm³/mol. The van der Waals surface area contributed by atoms with Crippen LogP contribution in [0, 0.1) is 0 Å². The maximum atomic E-state index is 5.65. The van der Waals surface area contributed by atoms with Crippen LogP contribution in [0.2, 0.25) is 0 Å². The molecular weight excluding hydrogens is 306 g/mol. The fourth-order valence-electron chi connectivity index (χ4n) is 2.27. The Morgan fingerprint density at radius 1 is 1.26 bits per heavy atom. The molecular formula is C18H25N3OS. The third kappa shape index (κ3) is 5.28. The summed E-state index contributed by atoms with van der Waals surface area (Å²) in [5.74, 6) is 2.18. The van der Waals surface area contributed by atoms with Crippen molar-refractivity contribution in [3.8, 4) is 5.75 Å². The lowest BCUT2D eigenvalue weighted by Gasteiger charge is -2.16. The van der Waals surface area contributed by atoms with Crippen LogP contribution >= 0.6 is 11.3 Å². The van der Waals surface area contributed by atoms with Gasteiger partial charge in [-0.2, -0.15) is 11.3 Å². The first-order chi connectivity index (χ1) is 11.2. The molecule has 0 aliphatic heterocycles. The highest BCUT2D eigenvalue weighted by Crippen LogP contribution is 2.18. The molecule has 2 rings (SSSR count). The van der Waals surface area contributed by atoms with E-state index in [1.165, 1.54) is 5.56 Å². The summed E-state index contributed by atoms with van der Waals surface area (Å²) in [6.07, 6.45) is 0. The molecule has 2 N–H and O–H groups in total. The molecule has 0 spiro atoms. The molecule has 124 valence electrons. The second-order valence-electron chi connectivity index (χ2n) is 5.31. The Bertz CT molecular complexity index is 610. The van der Waals surface area contributed by atoms with Crippen LogP contribution in [0.25, 0.3) is 0 Å². The Balaban J connectivity index is 1.86. The number of rotatable bonds is 7. The molecule has 1 unspecified atom stereocenters. The van der Waals surface area contributed by atoms with Crippen LogP contribution in [0.5, 0.6) is 5.75 Å². The quantitative estimate of drug-likeness (QED) is 0.602. The third-order valence-electron chi connectivity index (χ3n) is 3.63. The lowest BCUT2D eigenvalue weighted by atomic mass is 10.1. The highest BCUT2D eigenvalue weighted by molar-refractivity contribution is 7.07. The van der Waals surface area contributed by atoms with E-state index in [0.717, 1.165) is 23.8 Å². The van der Waals surface area contributed by atoms with Gasteiger partial charge >= 0.3 is 0 Å². The number of ether oxygens (including phenoxy) is 1. The number of aliphatic imine (C=N–C) groups is 1. The van der Waals surface area contributed by atoms with Gasteiger partial charge in [0.1, 0.15) is 5.75 Å². The number of nitrogens with zero attached hydrogens (tertiary/aromatic N) is 1. The molecule has 0 fully saturated rings. The molecule has 5 heteroatoms. The van der Waals surface area contributed by atoms with Gasteiger partial charge in [-0.3, -0.25) is 4.99 Å². The van der Waals surface area contributed by atoms with E-state index < -0.39 is 0 Å². The van der Waals surface area contributed by atoms with Crippen molar-refractivity contribution in [2.75, 3.05) is 20.2 Å². The average Bonchev–Trinajstić information content (AvgIpc) is 3.11. The first-order valence-corrected chi connectivity index (χ1v) is 8.86. The number of thiophene rings is 1. The molecule has 0 aliphatic rings. The molecule has 0 saturated heterocycles. The van der Waals surface area contributed by atoms with Crippen molar-refractivity contribution < 1.29 is 4.74 Å². The zero-order chi connectivity index (χ0) is 16.5. The van der Waals surface area contributed by atoms with E-state index in [1.807, 2.05) is 25.1 Å². The summed E-state index contributed by atoms with van der Waals surface area (Å²) in [7, 11) is 1.79. The van der Waals surface area contributed by atoms with Crippen LogP contribution in [-0.4, -0.2) is 26.2 Å². The van der Waals surface area contributed by atoms with Gasteiger partial charge in [0, 0.05) is 25.7 Å². The molecule has 4 nitrogen and oxygen atoms in total. The Labute approximate surface area is 142 Å². The monoisotopic (exact) mass is 331 g/mol. The van der Waals surface area contributed by atoms with Gasteiger partial charge in [-0.15, -0.1) is 0 Å². The molecule has 0 aliphatic carbocycles. The maximum Gasteiger partial charge on any atom is 0.191 e. The molecule has 1 atom stereocenters. The van der Waals surface area contributed by atoms with Crippen LogP contribution < -0.4 is 15.4 Å². The van der Waals surface area contributed by atoms with Crippen LogP contribution in [-0.2, 0) is 6.54 Å². The lowest BCUT2D eigenvalue weighted by Crippen LogP contribution is -2.38. The number of benzene rings is 1. The van der Waals surface area contributed by atoms with Crippen LogP contribution in [0.4, 0.5) is 0 Å². The first kappa shape index (κ1) is 17.3. The standard InChI is InChI=1S/C18H25N3OS/c1-4-22-17-8-6-5-7-15(17)12-21-18(19-3)20-11-14(2)16-9-10-23-13-16/h5-10,13-14H,4,11-12H2,1-3H3,(H2,19,20,21). The minimum Gasteiger partial charge on any atom is -0.494 e. The fraction of sp³-hybridized carbons (Fsp3) is 0.389. The second-order valence-corrected chi connectivity index (χ2v) is 6.09. The Morgan fingerprint density at radius 2 is 2.09 bits per heavy atom. The minimum atomic E-state index is 0.454. The number of hydrogen-bond donors (Lipinski definition) is 2. The van der Waals surface area contributed by atoms with Crippen LogP contribution in [0.3, 0.4) is 0 Å². The molecule has 1 aromatic heterocycles. The molecule has 0 radical (unpaired) electrons. The molecule has 23 heavy (non-hydrogen) atoms. The van der Waals surface area contributed by atoms with Crippen molar-refractivity contribution >= 4 is 17.3 Å². The highest BCUT2D eigenvalue weighted by Gasteiger charge is 2.08. The number of para-hydroxylation sites is 1. The highest BCUT2D eigenvalue weighted by atomic mass is 32.1. The van der Waals surface area contributed by atoms with Crippen molar-refractivity contribution in [1.82, 2.24) is 10.6 Å². The van der Waals surface area contributed by atoms with Crippen molar-refractivity contribution in [2.45, 2.75) is 26.3 Å². The molecule has 0 bridgehead atoms. The van der Waals surface area contributed by atoms with Gasteiger partial charge in [-0.05, 0) is 41.3 Å². The van der Waals surface area contributed by atoms with Crippen molar-refractivity contribution in [1.29, 1.82) is 0 Å². The van der Waals surface area contributed by atoms with E-state index in [1.54, 1.807) is 18.4 Å². The Morgan fingerprint density at radius 3 is 2.78 bits per heavy atom. The molecule has 0 saturated carbocycles. The first-order valence-electron chi connectivity index (χ1n) is 7.92. The van der Waals surface area contributed by atoms with Gasteiger partial charge in [-0.1, -0.05) is 25.1 Å². The van der Waals surface area contributed by atoms with Crippen molar-refractivity contribution in [3.63, 3.8) is 0 Å². The summed E-state index contributed by atoms with van der Waals surface area (Å²) >= 11 is 1.73. The molecule has 1 aromatic carbocycles. The smallest absolute Gasteiger partial charge is 0.191 e. The summed E-state index contributed by atoms with van der Waals surface area (Å²) < 4.78 is 5.65. The summed E-state index contributed by atoms with van der Waals surface area (Å²) in [4.78, 5) is 4.29. The third-order valence-corrected chi connectivity index (χ3v) is 4.33. The van der Waals surface area contributed by atoms with Crippen LogP contribution in [0.15, 0.2) is 46.1 Å². The maximum absolute atomic E-state index is 5.65. The fourth-order valence-corrected chi connectivity index (χ4v) is 3.05. The lowest BCUT2D eigenvalue weighted by molar-refractivity contribution is 0.336. The summed E-state index contributed by atoms with van der Waals surface area (Å²) in [6.45, 7) is 6.41. The van der Waals surface area contributed by atoms with Crippen LogP contribution in [0.1, 0.15) is 30.9 Å². The molecule has 1 heterocycles. The number of guanidine groups is 1. The number of hydrogen-bond acceptors (Lipinski definition) is 3.